The lowest BCUT2D eigenvalue weighted by molar-refractivity contribution is -0.150. The van der Waals surface area contributed by atoms with E-state index in [1.807, 2.05) is 12.1 Å². The molecule has 1 aromatic rings. The molecule has 146 valence electrons. The number of hydrogen-bond donors (Lipinski definition) is 1. The van der Waals surface area contributed by atoms with Crippen LogP contribution in [-0.2, 0) is 19.7 Å². The minimum absolute atomic E-state index is 0.0115. The Morgan fingerprint density at radius 2 is 1.74 bits per heavy atom. The summed E-state index contributed by atoms with van der Waals surface area (Å²) >= 11 is 0. The number of carbonyl (C=O) groups excluding carboxylic acids is 2. The van der Waals surface area contributed by atoms with Crippen molar-refractivity contribution in [3.8, 4) is 5.75 Å². The first-order valence-electron chi connectivity index (χ1n) is 10.2. The van der Waals surface area contributed by atoms with E-state index in [2.05, 4.69) is 17.4 Å². The van der Waals surface area contributed by atoms with Crippen molar-refractivity contribution in [1.29, 1.82) is 0 Å². The molecule has 0 aromatic heterocycles. The summed E-state index contributed by atoms with van der Waals surface area (Å²) in [4.78, 5) is 24.9. The first kappa shape index (κ1) is 18.3. The standard InChI is InChI=1S/C22H29NO4/c1-26-17-8-6-16(7-9-17)21(10-2-3-11-21)15-23-20(25)18-14-19(24)27-22(18)12-4-5-13-22/h6-9,18H,2-5,10-15H2,1H3,(H,23,25)/t18-/m1/s1. The molecule has 1 N–H and O–H groups in total. The largest absolute Gasteiger partial charge is 0.497 e. The molecular formula is C22H29NO4. The Labute approximate surface area is 160 Å². The molecule has 3 aliphatic rings. The summed E-state index contributed by atoms with van der Waals surface area (Å²) < 4.78 is 10.9. The van der Waals surface area contributed by atoms with E-state index in [0.29, 0.717) is 6.54 Å². The van der Waals surface area contributed by atoms with Crippen molar-refractivity contribution < 1.29 is 19.1 Å². The van der Waals surface area contributed by atoms with Crippen molar-refractivity contribution in [1.82, 2.24) is 5.32 Å². The van der Waals surface area contributed by atoms with Gasteiger partial charge in [-0.3, -0.25) is 9.59 Å². The number of benzene rings is 1. The number of hydrogen-bond acceptors (Lipinski definition) is 4. The van der Waals surface area contributed by atoms with Gasteiger partial charge in [-0.15, -0.1) is 0 Å². The van der Waals surface area contributed by atoms with Gasteiger partial charge >= 0.3 is 5.97 Å². The number of rotatable bonds is 5. The third-order valence-electron chi connectivity index (χ3n) is 6.95. The topological polar surface area (TPSA) is 64.6 Å². The van der Waals surface area contributed by atoms with Crippen LogP contribution in [0.25, 0.3) is 0 Å². The van der Waals surface area contributed by atoms with Crippen molar-refractivity contribution in [3.63, 3.8) is 0 Å². The number of nitrogens with one attached hydrogen (secondary N) is 1. The second-order valence-electron chi connectivity index (χ2n) is 8.44. The van der Waals surface area contributed by atoms with Crippen LogP contribution in [0.5, 0.6) is 5.75 Å². The average molecular weight is 371 g/mol. The summed E-state index contributed by atoms with van der Waals surface area (Å²) in [7, 11) is 1.67. The van der Waals surface area contributed by atoms with Gasteiger partial charge in [-0.2, -0.15) is 0 Å². The van der Waals surface area contributed by atoms with Gasteiger partial charge in [-0.25, -0.2) is 0 Å². The molecule has 3 fully saturated rings. The van der Waals surface area contributed by atoms with Crippen molar-refractivity contribution in [3.05, 3.63) is 29.8 Å². The van der Waals surface area contributed by atoms with Crippen LogP contribution in [0.1, 0.15) is 63.4 Å². The molecular weight excluding hydrogens is 342 g/mol. The molecule has 0 radical (unpaired) electrons. The lowest BCUT2D eigenvalue weighted by Gasteiger charge is -2.32. The first-order valence-corrected chi connectivity index (χ1v) is 10.2. The molecule has 5 nitrogen and oxygen atoms in total. The number of methoxy groups -OCH3 is 1. The maximum Gasteiger partial charge on any atom is 0.307 e. The van der Waals surface area contributed by atoms with Gasteiger partial charge in [-0.1, -0.05) is 25.0 Å². The lowest BCUT2D eigenvalue weighted by atomic mass is 9.78. The predicted octanol–water partition coefficient (Wildman–Crippen LogP) is 3.50. The van der Waals surface area contributed by atoms with Crippen LogP contribution in [0.3, 0.4) is 0 Å². The maximum atomic E-state index is 13.0. The minimum Gasteiger partial charge on any atom is -0.497 e. The quantitative estimate of drug-likeness (QED) is 0.805. The molecule has 1 amide bonds. The fraction of sp³-hybridized carbons (Fsp3) is 0.636. The summed E-state index contributed by atoms with van der Waals surface area (Å²) in [5.41, 5.74) is 0.702. The Morgan fingerprint density at radius 1 is 1.11 bits per heavy atom. The van der Waals surface area contributed by atoms with Gasteiger partial charge in [0.2, 0.25) is 5.91 Å². The first-order chi connectivity index (χ1) is 13.1. The molecule has 1 aromatic carbocycles. The van der Waals surface area contributed by atoms with E-state index in [4.69, 9.17) is 9.47 Å². The highest BCUT2D eigenvalue weighted by molar-refractivity contribution is 5.88. The summed E-state index contributed by atoms with van der Waals surface area (Å²) in [6.07, 6.45) is 8.44. The van der Waals surface area contributed by atoms with Gasteiger partial charge in [0, 0.05) is 12.0 Å². The monoisotopic (exact) mass is 371 g/mol. The maximum absolute atomic E-state index is 13.0. The van der Waals surface area contributed by atoms with E-state index in [9.17, 15) is 9.59 Å². The van der Waals surface area contributed by atoms with Gasteiger partial charge in [0.25, 0.3) is 0 Å². The molecule has 1 atom stereocenters. The van der Waals surface area contributed by atoms with Crippen LogP contribution in [0.4, 0.5) is 0 Å². The van der Waals surface area contributed by atoms with Crippen molar-refractivity contribution >= 4 is 11.9 Å². The molecule has 5 heteroatoms. The Balaban J connectivity index is 1.48. The molecule has 0 unspecified atom stereocenters. The van der Waals surface area contributed by atoms with Crippen LogP contribution >= 0.6 is 0 Å². The highest BCUT2D eigenvalue weighted by Crippen LogP contribution is 2.46. The Bertz CT molecular complexity index is 700. The molecule has 0 bridgehead atoms. The predicted molar refractivity (Wildman–Crippen MR) is 102 cm³/mol. The SMILES string of the molecule is COc1ccc(C2(CNC(=O)[C@H]3CC(=O)OC34CCCC4)CCCC2)cc1. The zero-order valence-electron chi connectivity index (χ0n) is 16.1. The van der Waals surface area contributed by atoms with E-state index >= 15 is 0 Å². The van der Waals surface area contributed by atoms with Crippen LogP contribution in [-0.4, -0.2) is 31.1 Å². The summed E-state index contributed by atoms with van der Waals surface area (Å²) in [5.74, 6) is 0.285. The zero-order chi connectivity index (χ0) is 18.9. The van der Waals surface area contributed by atoms with E-state index in [0.717, 1.165) is 44.3 Å². The Hall–Kier alpha value is -2.04. The molecule has 1 aliphatic heterocycles. The fourth-order valence-electron chi connectivity index (χ4n) is 5.39. The lowest BCUT2D eigenvalue weighted by Crippen LogP contribution is -2.46. The third kappa shape index (κ3) is 3.32. The zero-order valence-corrected chi connectivity index (χ0v) is 16.1. The number of esters is 1. The summed E-state index contributed by atoms with van der Waals surface area (Å²) in [5, 5.41) is 3.20. The van der Waals surface area contributed by atoms with Gasteiger partial charge in [0.05, 0.1) is 19.4 Å². The highest BCUT2D eigenvalue weighted by atomic mass is 16.6. The molecule has 2 aliphatic carbocycles. The Morgan fingerprint density at radius 3 is 2.37 bits per heavy atom. The number of carbonyl (C=O) groups is 2. The fourth-order valence-corrected chi connectivity index (χ4v) is 5.39. The highest BCUT2D eigenvalue weighted by Gasteiger charge is 2.54. The molecule has 4 rings (SSSR count). The normalized spacial score (nSPS) is 25.5. The smallest absolute Gasteiger partial charge is 0.307 e. The van der Waals surface area contributed by atoms with Gasteiger partial charge < -0.3 is 14.8 Å². The molecule has 1 saturated heterocycles. The van der Waals surface area contributed by atoms with E-state index in [-0.39, 0.29) is 29.6 Å². The number of ether oxygens (including phenoxy) is 2. The van der Waals surface area contributed by atoms with E-state index in [1.54, 1.807) is 7.11 Å². The van der Waals surface area contributed by atoms with Crippen LogP contribution in [0, 0.1) is 5.92 Å². The van der Waals surface area contributed by atoms with Crippen molar-refractivity contribution in [2.75, 3.05) is 13.7 Å². The van der Waals surface area contributed by atoms with Gasteiger partial charge in [0.1, 0.15) is 11.4 Å². The third-order valence-corrected chi connectivity index (χ3v) is 6.95. The van der Waals surface area contributed by atoms with Crippen LogP contribution < -0.4 is 10.1 Å². The second-order valence-corrected chi connectivity index (χ2v) is 8.44. The van der Waals surface area contributed by atoms with Crippen LogP contribution in [0.2, 0.25) is 0 Å². The minimum atomic E-state index is -0.538. The summed E-state index contributed by atoms with van der Waals surface area (Å²) in [6, 6.07) is 8.23. The average Bonchev–Trinajstić information content (AvgIpc) is 3.42. The molecule has 27 heavy (non-hydrogen) atoms. The second kappa shape index (κ2) is 7.17. The Kier molecular flexibility index (Phi) is 4.87. The van der Waals surface area contributed by atoms with E-state index < -0.39 is 5.60 Å². The molecule has 1 spiro atoms. The van der Waals surface area contributed by atoms with Crippen LogP contribution in [0.15, 0.2) is 24.3 Å². The van der Waals surface area contributed by atoms with E-state index in [1.165, 1.54) is 18.4 Å². The molecule has 1 heterocycles. The van der Waals surface area contributed by atoms with Crippen molar-refractivity contribution in [2.45, 2.75) is 68.8 Å². The number of amides is 1. The van der Waals surface area contributed by atoms with Gasteiger partial charge in [0.15, 0.2) is 0 Å². The van der Waals surface area contributed by atoms with Gasteiger partial charge in [-0.05, 0) is 56.2 Å². The van der Waals surface area contributed by atoms with Crippen molar-refractivity contribution in [2.24, 2.45) is 5.92 Å². The molecule has 2 saturated carbocycles. The summed E-state index contributed by atoms with van der Waals surface area (Å²) in [6.45, 7) is 0.624.